The smallest absolute Gasteiger partial charge is 0.0684 e. The van der Waals surface area contributed by atoms with E-state index < -0.39 is 0 Å². The van der Waals surface area contributed by atoms with Crippen molar-refractivity contribution in [1.82, 2.24) is 0 Å². The highest BCUT2D eigenvalue weighted by Gasteiger charge is 1.96. The molecule has 0 spiro atoms. The molecule has 0 bridgehead atoms. The molecule has 1 rings (SSSR count). The topological polar surface area (TPSA) is 32.3 Å². The zero-order chi connectivity index (χ0) is 10.4. The lowest BCUT2D eigenvalue weighted by Crippen LogP contribution is -2.15. The number of hydrogen-bond acceptors (Lipinski definition) is 2. The van der Waals surface area contributed by atoms with Gasteiger partial charge in [0.25, 0.3) is 0 Å². The molecule has 2 heteroatoms. The summed E-state index contributed by atoms with van der Waals surface area (Å²) in [5.74, 6) is 0. The summed E-state index contributed by atoms with van der Waals surface area (Å²) in [5.41, 5.74) is 2.45. The van der Waals surface area contributed by atoms with Gasteiger partial charge in [0.15, 0.2) is 0 Å². The lowest BCUT2D eigenvalue weighted by Gasteiger charge is -2.08. The van der Waals surface area contributed by atoms with Crippen LogP contribution >= 0.6 is 0 Å². The normalized spacial score (nSPS) is 12.5. The van der Waals surface area contributed by atoms with Gasteiger partial charge in [0, 0.05) is 12.2 Å². The average molecular weight is 193 g/mol. The van der Waals surface area contributed by atoms with Crippen LogP contribution in [-0.2, 0) is 6.42 Å². The third kappa shape index (κ3) is 3.79. The number of anilines is 1. The maximum Gasteiger partial charge on any atom is 0.0684 e. The van der Waals surface area contributed by atoms with Crippen LogP contribution in [0.4, 0.5) is 5.69 Å². The van der Waals surface area contributed by atoms with Gasteiger partial charge in [0.2, 0.25) is 0 Å². The van der Waals surface area contributed by atoms with Crippen molar-refractivity contribution in [3.8, 4) is 0 Å². The van der Waals surface area contributed by atoms with Crippen LogP contribution in [0.3, 0.4) is 0 Å². The van der Waals surface area contributed by atoms with E-state index in [0.29, 0.717) is 6.54 Å². The summed E-state index contributed by atoms with van der Waals surface area (Å²) < 4.78 is 0. The summed E-state index contributed by atoms with van der Waals surface area (Å²) in [6.45, 7) is 4.56. The van der Waals surface area contributed by atoms with Crippen molar-refractivity contribution in [2.75, 3.05) is 11.9 Å². The number of benzene rings is 1. The van der Waals surface area contributed by atoms with E-state index >= 15 is 0 Å². The molecule has 0 aliphatic rings. The fourth-order valence-electron chi connectivity index (χ4n) is 1.34. The second kappa shape index (κ2) is 5.66. The van der Waals surface area contributed by atoms with E-state index in [4.69, 9.17) is 5.11 Å². The van der Waals surface area contributed by atoms with E-state index in [2.05, 4.69) is 36.5 Å². The van der Waals surface area contributed by atoms with Crippen molar-refractivity contribution in [3.05, 3.63) is 29.8 Å². The van der Waals surface area contributed by atoms with Crippen LogP contribution in [0.15, 0.2) is 24.3 Å². The molecule has 78 valence electrons. The second-order valence-electron chi connectivity index (χ2n) is 3.68. The van der Waals surface area contributed by atoms with Crippen LogP contribution in [-0.4, -0.2) is 17.8 Å². The zero-order valence-corrected chi connectivity index (χ0v) is 8.96. The summed E-state index contributed by atoms with van der Waals surface area (Å²) in [5, 5.41) is 12.3. The first-order valence-electron chi connectivity index (χ1n) is 5.23. The van der Waals surface area contributed by atoms with Crippen molar-refractivity contribution in [3.63, 3.8) is 0 Å². The van der Waals surface area contributed by atoms with Crippen molar-refractivity contribution in [2.45, 2.75) is 32.8 Å². The molecular formula is C12H19NO. The summed E-state index contributed by atoms with van der Waals surface area (Å²) >= 11 is 0. The van der Waals surface area contributed by atoms with Gasteiger partial charge >= 0.3 is 0 Å². The Balaban J connectivity index is 2.46. The Bertz CT molecular complexity index is 254. The Morgan fingerprint density at radius 1 is 1.29 bits per heavy atom. The molecular weight excluding hydrogens is 174 g/mol. The first kappa shape index (κ1) is 11.1. The van der Waals surface area contributed by atoms with E-state index in [1.54, 1.807) is 6.92 Å². The van der Waals surface area contributed by atoms with Gasteiger partial charge in [-0.25, -0.2) is 0 Å². The van der Waals surface area contributed by atoms with Crippen molar-refractivity contribution in [1.29, 1.82) is 0 Å². The number of aliphatic hydroxyl groups is 1. The van der Waals surface area contributed by atoms with Gasteiger partial charge in [-0.1, -0.05) is 25.5 Å². The molecule has 0 fully saturated rings. The Morgan fingerprint density at radius 2 is 1.93 bits per heavy atom. The minimum absolute atomic E-state index is 0.301. The Labute approximate surface area is 86.0 Å². The molecule has 0 amide bonds. The largest absolute Gasteiger partial charge is 0.392 e. The molecule has 1 atom stereocenters. The van der Waals surface area contributed by atoms with Gasteiger partial charge in [-0.3, -0.25) is 0 Å². The number of aryl methyl sites for hydroxylation is 1. The molecule has 0 heterocycles. The summed E-state index contributed by atoms with van der Waals surface area (Å²) in [7, 11) is 0. The van der Waals surface area contributed by atoms with Crippen LogP contribution in [0.2, 0.25) is 0 Å². The monoisotopic (exact) mass is 193 g/mol. The number of rotatable bonds is 5. The predicted molar refractivity (Wildman–Crippen MR) is 60.6 cm³/mol. The molecule has 14 heavy (non-hydrogen) atoms. The van der Waals surface area contributed by atoms with E-state index in [0.717, 1.165) is 12.1 Å². The molecule has 0 saturated carbocycles. The Morgan fingerprint density at radius 3 is 2.43 bits per heavy atom. The van der Waals surface area contributed by atoms with Gasteiger partial charge in [-0.05, 0) is 31.0 Å². The number of hydrogen-bond donors (Lipinski definition) is 2. The highest BCUT2D eigenvalue weighted by Crippen LogP contribution is 2.10. The molecule has 0 unspecified atom stereocenters. The summed E-state index contributed by atoms with van der Waals surface area (Å²) in [6.07, 6.45) is 2.02. The molecule has 1 aromatic rings. The van der Waals surface area contributed by atoms with Crippen molar-refractivity contribution < 1.29 is 5.11 Å². The minimum Gasteiger partial charge on any atom is -0.392 e. The van der Waals surface area contributed by atoms with Crippen LogP contribution in [0.5, 0.6) is 0 Å². The average Bonchev–Trinajstić information content (AvgIpc) is 2.17. The van der Waals surface area contributed by atoms with Gasteiger partial charge in [0.1, 0.15) is 0 Å². The van der Waals surface area contributed by atoms with Gasteiger partial charge in [0.05, 0.1) is 6.10 Å². The summed E-state index contributed by atoms with van der Waals surface area (Å²) in [4.78, 5) is 0. The fraction of sp³-hybridized carbons (Fsp3) is 0.500. The first-order chi connectivity index (χ1) is 6.72. The SMILES string of the molecule is CCCc1ccc(NC[C@H](C)O)cc1. The van der Waals surface area contributed by atoms with E-state index in [-0.39, 0.29) is 6.10 Å². The number of nitrogens with one attached hydrogen (secondary N) is 1. The molecule has 2 nitrogen and oxygen atoms in total. The van der Waals surface area contributed by atoms with Crippen LogP contribution in [0, 0.1) is 0 Å². The lowest BCUT2D eigenvalue weighted by atomic mass is 10.1. The van der Waals surface area contributed by atoms with Crippen LogP contribution in [0.25, 0.3) is 0 Å². The maximum atomic E-state index is 9.09. The zero-order valence-electron chi connectivity index (χ0n) is 8.96. The molecule has 0 saturated heterocycles. The van der Waals surface area contributed by atoms with E-state index in [1.807, 2.05) is 0 Å². The number of aliphatic hydroxyl groups excluding tert-OH is 1. The molecule has 2 N–H and O–H groups in total. The lowest BCUT2D eigenvalue weighted by molar-refractivity contribution is 0.208. The van der Waals surface area contributed by atoms with E-state index in [1.165, 1.54) is 12.0 Å². The van der Waals surface area contributed by atoms with Crippen LogP contribution < -0.4 is 5.32 Å². The third-order valence-corrected chi connectivity index (χ3v) is 2.09. The quantitative estimate of drug-likeness (QED) is 0.752. The minimum atomic E-state index is -0.301. The standard InChI is InChI=1S/C12H19NO/c1-3-4-11-5-7-12(8-6-11)13-9-10(2)14/h5-8,10,13-14H,3-4,9H2,1-2H3/t10-/m0/s1. The summed E-state index contributed by atoms with van der Waals surface area (Å²) in [6, 6.07) is 8.39. The molecule has 0 radical (unpaired) electrons. The Kier molecular flexibility index (Phi) is 4.47. The van der Waals surface area contributed by atoms with Gasteiger partial charge in [-0.15, -0.1) is 0 Å². The maximum absolute atomic E-state index is 9.09. The Hall–Kier alpha value is -1.02. The fourth-order valence-corrected chi connectivity index (χ4v) is 1.34. The third-order valence-electron chi connectivity index (χ3n) is 2.09. The van der Waals surface area contributed by atoms with E-state index in [9.17, 15) is 0 Å². The second-order valence-corrected chi connectivity index (χ2v) is 3.68. The first-order valence-corrected chi connectivity index (χ1v) is 5.23. The molecule has 0 aliphatic carbocycles. The molecule has 0 aromatic heterocycles. The van der Waals surface area contributed by atoms with Gasteiger partial charge in [-0.2, -0.15) is 0 Å². The van der Waals surface area contributed by atoms with Crippen molar-refractivity contribution in [2.24, 2.45) is 0 Å². The molecule has 0 aliphatic heterocycles. The highest BCUT2D eigenvalue weighted by atomic mass is 16.3. The van der Waals surface area contributed by atoms with Crippen molar-refractivity contribution >= 4 is 5.69 Å². The van der Waals surface area contributed by atoms with Gasteiger partial charge < -0.3 is 10.4 Å². The highest BCUT2D eigenvalue weighted by molar-refractivity contribution is 5.44. The van der Waals surface area contributed by atoms with Crippen LogP contribution in [0.1, 0.15) is 25.8 Å². The molecule has 1 aromatic carbocycles. The predicted octanol–water partition coefficient (Wildman–Crippen LogP) is 2.43.